The molecule has 0 bridgehead atoms. The van der Waals surface area contributed by atoms with Gasteiger partial charge in [-0.2, -0.15) is 0 Å². The molecular formula is C16H11ClN2O4. The third-order valence-electron chi connectivity index (χ3n) is 3.17. The molecule has 0 atom stereocenters. The summed E-state index contributed by atoms with van der Waals surface area (Å²) < 4.78 is 10.9. The van der Waals surface area contributed by atoms with Crippen LogP contribution in [-0.4, -0.2) is 28.4 Å². The molecule has 3 aromatic rings. The number of hydrogen-bond donors (Lipinski definition) is 1. The van der Waals surface area contributed by atoms with E-state index < -0.39 is 5.97 Å². The highest BCUT2D eigenvalue weighted by atomic mass is 35.5. The van der Waals surface area contributed by atoms with E-state index >= 15 is 0 Å². The summed E-state index contributed by atoms with van der Waals surface area (Å²) in [6, 6.07) is 11.3. The summed E-state index contributed by atoms with van der Waals surface area (Å²) >= 11 is 5.99. The molecule has 2 aromatic carbocycles. The maximum absolute atomic E-state index is 11.0. The van der Waals surface area contributed by atoms with Crippen molar-refractivity contribution in [1.82, 2.24) is 10.2 Å². The number of halogens is 1. The van der Waals surface area contributed by atoms with E-state index in [2.05, 4.69) is 10.2 Å². The Morgan fingerprint density at radius 3 is 2.70 bits per heavy atom. The first-order valence-electron chi connectivity index (χ1n) is 6.59. The first kappa shape index (κ1) is 15.1. The predicted molar refractivity (Wildman–Crippen MR) is 83.7 cm³/mol. The molecule has 7 heteroatoms. The summed E-state index contributed by atoms with van der Waals surface area (Å²) in [6.07, 6.45) is 0. The monoisotopic (exact) mass is 330 g/mol. The second-order valence-electron chi connectivity index (χ2n) is 4.64. The van der Waals surface area contributed by atoms with Crippen LogP contribution in [0.15, 0.2) is 46.9 Å². The van der Waals surface area contributed by atoms with Gasteiger partial charge in [-0.25, -0.2) is 4.79 Å². The number of hydrogen-bond acceptors (Lipinski definition) is 5. The predicted octanol–water partition coefficient (Wildman–Crippen LogP) is 3.76. The summed E-state index contributed by atoms with van der Waals surface area (Å²) in [7, 11) is 1.53. The fourth-order valence-corrected chi connectivity index (χ4v) is 2.25. The zero-order chi connectivity index (χ0) is 16.4. The topological polar surface area (TPSA) is 85.5 Å². The molecule has 6 nitrogen and oxygen atoms in total. The van der Waals surface area contributed by atoms with E-state index in [1.165, 1.54) is 19.2 Å². The van der Waals surface area contributed by atoms with E-state index in [9.17, 15) is 4.79 Å². The van der Waals surface area contributed by atoms with Crippen LogP contribution in [0.1, 0.15) is 10.4 Å². The highest BCUT2D eigenvalue weighted by Gasteiger charge is 2.16. The Bertz CT molecular complexity index is 876. The SMILES string of the molecule is COc1ccc(Cl)cc1-c1nnc(-c2cccc(C(=O)O)c2)o1. The average Bonchev–Trinajstić information content (AvgIpc) is 3.05. The van der Waals surface area contributed by atoms with Gasteiger partial charge in [0.2, 0.25) is 5.89 Å². The molecule has 3 rings (SSSR count). The first-order valence-corrected chi connectivity index (χ1v) is 6.97. The molecule has 0 saturated heterocycles. The summed E-state index contributed by atoms with van der Waals surface area (Å²) in [5.41, 5.74) is 1.22. The van der Waals surface area contributed by atoms with E-state index in [4.69, 9.17) is 25.9 Å². The number of carbonyl (C=O) groups is 1. The highest BCUT2D eigenvalue weighted by Crippen LogP contribution is 2.33. The Hall–Kier alpha value is -2.86. The number of ether oxygens (including phenoxy) is 1. The summed E-state index contributed by atoms with van der Waals surface area (Å²) in [4.78, 5) is 11.0. The highest BCUT2D eigenvalue weighted by molar-refractivity contribution is 6.30. The molecule has 1 heterocycles. The third kappa shape index (κ3) is 3.02. The number of benzene rings is 2. The van der Waals surface area contributed by atoms with Crippen molar-refractivity contribution < 1.29 is 19.1 Å². The van der Waals surface area contributed by atoms with Crippen molar-refractivity contribution in [1.29, 1.82) is 0 Å². The van der Waals surface area contributed by atoms with Crippen LogP contribution < -0.4 is 4.74 Å². The van der Waals surface area contributed by atoms with Crippen molar-refractivity contribution >= 4 is 17.6 Å². The van der Waals surface area contributed by atoms with E-state index in [0.29, 0.717) is 21.9 Å². The lowest BCUT2D eigenvalue weighted by Crippen LogP contribution is -1.95. The quantitative estimate of drug-likeness (QED) is 0.783. The van der Waals surface area contributed by atoms with Crippen LogP contribution in [0.3, 0.4) is 0 Å². The molecule has 0 amide bonds. The van der Waals surface area contributed by atoms with Crippen LogP contribution >= 0.6 is 11.6 Å². The van der Waals surface area contributed by atoms with Gasteiger partial charge in [-0.05, 0) is 36.4 Å². The number of rotatable bonds is 4. The zero-order valence-corrected chi connectivity index (χ0v) is 12.7. The van der Waals surface area contributed by atoms with Gasteiger partial charge in [0, 0.05) is 10.6 Å². The van der Waals surface area contributed by atoms with Gasteiger partial charge >= 0.3 is 5.97 Å². The fourth-order valence-electron chi connectivity index (χ4n) is 2.08. The lowest BCUT2D eigenvalue weighted by Gasteiger charge is -2.04. The van der Waals surface area contributed by atoms with Crippen LogP contribution in [0.25, 0.3) is 22.9 Å². The third-order valence-corrected chi connectivity index (χ3v) is 3.41. The van der Waals surface area contributed by atoms with Crippen molar-refractivity contribution in [2.24, 2.45) is 0 Å². The minimum absolute atomic E-state index is 0.141. The molecule has 0 radical (unpaired) electrons. The maximum Gasteiger partial charge on any atom is 0.335 e. The average molecular weight is 331 g/mol. The van der Waals surface area contributed by atoms with Crippen molar-refractivity contribution in [2.75, 3.05) is 7.11 Å². The van der Waals surface area contributed by atoms with Crippen LogP contribution in [0, 0.1) is 0 Å². The van der Waals surface area contributed by atoms with E-state index in [1.54, 1.807) is 30.3 Å². The number of carboxylic acids is 1. The Morgan fingerprint density at radius 1 is 1.17 bits per heavy atom. The number of methoxy groups -OCH3 is 1. The minimum atomic E-state index is -1.02. The van der Waals surface area contributed by atoms with Gasteiger partial charge in [0.25, 0.3) is 5.89 Å². The van der Waals surface area contributed by atoms with Crippen LogP contribution in [0.4, 0.5) is 0 Å². The standard InChI is InChI=1S/C16H11ClN2O4/c1-22-13-6-5-11(17)8-12(13)15-19-18-14(23-15)9-3-2-4-10(7-9)16(20)21/h2-8H,1H3,(H,20,21). The van der Waals surface area contributed by atoms with Gasteiger partial charge in [-0.15, -0.1) is 10.2 Å². The van der Waals surface area contributed by atoms with Gasteiger partial charge in [0.1, 0.15) is 5.75 Å². The molecule has 0 aliphatic heterocycles. The molecule has 1 aromatic heterocycles. The smallest absolute Gasteiger partial charge is 0.335 e. The van der Waals surface area contributed by atoms with Crippen LogP contribution in [0.2, 0.25) is 5.02 Å². The van der Waals surface area contributed by atoms with Crippen LogP contribution in [-0.2, 0) is 0 Å². The number of aromatic nitrogens is 2. The largest absolute Gasteiger partial charge is 0.496 e. The van der Waals surface area contributed by atoms with Gasteiger partial charge in [-0.1, -0.05) is 17.7 Å². The molecule has 0 saturated carbocycles. The van der Waals surface area contributed by atoms with Crippen molar-refractivity contribution in [3.05, 3.63) is 53.1 Å². The molecule has 0 fully saturated rings. The van der Waals surface area contributed by atoms with E-state index in [0.717, 1.165) is 0 Å². The van der Waals surface area contributed by atoms with Crippen LogP contribution in [0.5, 0.6) is 5.75 Å². The molecular weight excluding hydrogens is 320 g/mol. The van der Waals surface area contributed by atoms with Gasteiger partial charge in [0.15, 0.2) is 0 Å². The first-order chi connectivity index (χ1) is 11.1. The van der Waals surface area contributed by atoms with E-state index in [1.807, 2.05) is 0 Å². The number of aromatic carboxylic acids is 1. The van der Waals surface area contributed by atoms with Gasteiger partial charge in [0.05, 0.1) is 18.2 Å². The Labute approximate surface area is 136 Å². The molecule has 0 spiro atoms. The summed E-state index contributed by atoms with van der Waals surface area (Å²) in [5.74, 6) is -0.0304. The maximum atomic E-state index is 11.0. The molecule has 0 unspecified atom stereocenters. The van der Waals surface area contributed by atoms with E-state index in [-0.39, 0.29) is 17.3 Å². The zero-order valence-electron chi connectivity index (χ0n) is 12.0. The van der Waals surface area contributed by atoms with Gasteiger partial charge < -0.3 is 14.3 Å². The molecule has 0 aliphatic carbocycles. The second kappa shape index (κ2) is 6.10. The Kier molecular flexibility index (Phi) is 3.99. The van der Waals surface area contributed by atoms with Crippen molar-refractivity contribution in [3.63, 3.8) is 0 Å². The fraction of sp³-hybridized carbons (Fsp3) is 0.0625. The van der Waals surface area contributed by atoms with Gasteiger partial charge in [-0.3, -0.25) is 0 Å². The molecule has 116 valence electrons. The normalized spacial score (nSPS) is 10.5. The summed E-state index contributed by atoms with van der Waals surface area (Å²) in [6.45, 7) is 0. The Morgan fingerprint density at radius 2 is 1.96 bits per heavy atom. The molecule has 1 N–H and O–H groups in total. The number of carboxylic acid groups (broad SMARTS) is 1. The summed E-state index contributed by atoms with van der Waals surface area (Å²) in [5, 5.41) is 17.5. The van der Waals surface area contributed by atoms with Crippen molar-refractivity contribution in [2.45, 2.75) is 0 Å². The van der Waals surface area contributed by atoms with Crippen molar-refractivity contribution in [3.8, 4) is 28.7 Å². The number of nitrogens with zero attached hydrogens (tertiary/aromatic N) is 2. The molecule has 0 aliphatic rings. The molecule has 23 heavy (non-hydrogen) atoms. The second-order valence-corrected chi connectivity index (χ2v) is 5.08. The lowest BCUT2D eigenvalue weighted by atomic mass is 10.1. The Balaban J connectivity index is 2.03. The minimum Gasteiger partial charge on any atom is -0.496 e. The lowest BCUT2D eigenvalue weighted by molar-refractivity contribution is 0.0697.